The Bertz CT molecular complexity index is 627. The van der Waals surface area contributed by atoms with Crippen LogP contribution in [0.1, 0.15) is 15.9 Å². The van der Waals surface area contributed by atoms with Crippen molar-refractivity contribution >= 4 is 27.5 Å². The SMILES string of the molecule is Cc1ccccc1N(C)C(=O)c1cc(F)ccc1Br. The molecule has 2 rings (SSSR count). The monoisotopic (exact) mass is 321 g/mol. The van der Waals surface area contributed by atoms with Gasteiger partial charge in [-0.05, 0) is 52.7 Å². The van der Waals surface area contributed by atoms with E-state index in [1.807, 2.05) is 31.2 Å². The fourth-order valence-electron chi connectivity index (χ4n) is 1.89. The molecule has 0 aliphatic rings. The van der Waals surface area contributed by atoms with Crippen LogP contribution in [-0.2, 0) is 0 Å². The zero-order valence-corrected chi connectivity index (χ0v) is 12.2. The van der Waals surface area contributed by atoms with Gasteiger partial charge in [-0.3, -0.25) is 4.79 Å². The smallest absolute Gasteiger partial charge is 0.259 e. The van der Waals surface area contributed by atoms with Gasteiger partial charge in [0, 0.05) is 17.2 Å². The van der Waals surface area contributed by atoms with E-state index in [9.17, 15) is 9.18 Å². The first kappa shape index (κ1) is 13.7. The average Bonchev–Trinajstić information content (AvgIpc) is 2.40. The summed E-state index contributed by atoms with van der Waals surface area (Å²) < 4.78 is 13.8. The van der Waals surface area contributed by atoms with E-state index in [1.54, 1.807) is 7.05 Å². The highest BCUT2D eigenvalue weighted by Crippen LogP contribution is 2.24. The number of hydrogen-bond donors (Lipinski definition) is 0. The van der Waals surface area contributed by atoms with Gasteiger partial charge >= 0.3 is 0 Å². The van der Waals surface area contributed by atoms with E-state index in [0.29, 0.717) is 10.0 Å². The number of rotatable bonds is 2. The first-order chi connectivity index (χ1) is 9.00. The molecule has 1 amide bonds. The summed E-state index contributed by atoms with van der Waals surface area (Å²) in [6, 6.07) is 11.7. The van der Waals surface area contributed by atoms with Crippen LogP contribution in [0.3, 0.4) is 0 Å². The normalized spacial score (nSPS) is 10.3. The second-order valence-electron chi connectivity index (χ2n) is 4.27. The van der Waals surface area contributed by atoms with Crippen molar-refractivity contribution in [1.29, 1.82) is 0 Å². The van der Waals surface area contributed by atoms with Crippen LogP contribution in [0.5, 0.6) is 0 Å². The Hall–Kier alpha value is -1.68. The highest BCUT2D eigenvalue weighted by atomic mass is 79.9. The number of halogens is 2. The van der Waals surface area contributed by atoms with Crippen molar-refractivity contribution in [2.45, 2.75) is 6.92 Å². The first-order valence-corrected chi connectivity index (χ1v) is 6.58. The molecule has 0 N–H and O–H groups in total. The van der Waals surface area contributed by atoms with Crippen LogP contribution >= 0.6 is 15.9 Å². The minimum atomic E-state index is -0.426. The molecule has 0 fully saturated rings. The van der Waals surface area contributed by atoms with Gasteiger partial charge in [-0.2, -0.15) is 0 Å². The molecule has 0 aromatic heterocycles. The zero-order chi connectivity index (χ0) is 14.0. The highest BCUT2D eigenvalue weighted by molar-refractivity contribution is 9.10. The van der Waals surface area contributed by atoms with Crippen LogP contribution < -0.4 is 4.90 Å². The number of benzene rings is 2. The van der Waals surface area contributed by atoms with Crippen molar-refractivity contribution in [2.75, 3.05) is 11.9 Å². The van der Waals surface area contributed by atoms with E-state index in [-0.39, 0.29) is 5.91 Å². The summed E-state index contributed by atoms with van der Waals surface area (Å²) in [6.45, 7) is 1.93. The summed E-state index contributed by atoms with van der Waals surface area (Å²) >= 11 is 3.28. The van der Waals surface area contributed by atoms with Gasteiger partial charge in [0.05, 0.1) is 5.56 Å². The van der Waals surface area contributed by atoms with E-state index >= 15 is 0 Å². The molecule has 98 valence electrons. The number of nitrogens with zero attached hydrogens (tertiary/aromatic N) is 1. The molecule has 0 heterocycles. The van der Waals surface area contributed by atoms with Crippen LogP contribution in [0.2, 0.25) is 0 Å². The van der Waals surface area contributed by atoms with E-state index in [2.05, 4.69) is 15.9 Å². The van der Waals surface area contributed by atoms with Crippen LogP contribution in [0.15, 0.2) is 46.9 Å². The van der Waals surface area contributed by atoms with Crippen LogP contribution in [0.4, 0.5) is 10.1 Å². The Balaban J connectivity index is 2.39. The Morgan fingerprint density at radius 1 is 1.21 bits per heavy atom. The van der Waals surface area contributed by atoms with Crippen molar-refractivity contribution in [1.82, 2.24) is 0 Å². The molecule has 0 saturated carbocycles. The average molecular weight is 322 g/mol. The van der Waals surface area contributed by atoms with E-state index < -0.39 is 5.82 Å². The number of anilines is 1. The molecule has 2 aromatic rings. The molecular weight excluding hydrogens is 309 g/mol. The summed E-state index contributed by atoms with van der Waals surface area (Å²) in [4.78, 5) is 13.9. The van der Waals surface area contributed by atoms with Gasteiger partial charge < -0.3 is 4.90 Å². The highest BCUT2D eigenvalue weighted by Gasteiger charge is 2.18. The summed E-state index contributed by atoms with van der Waals surface area (Å²) in [5, 5.41) is 0. The first-order valence-electron chi connectivity index (χ1n) is 5.79. The fourth-order valence-corrected chi connectivity index (χ4v) is 2.31. The van der Waals surface area contributed by atoms with Crippen molar-refractivity contribution in [3.8, 4) is 0 Å². The lowest BCUT2D eigenvalue weighted by Crippen LogP contribution is -2.27. The Morgan fingerprint density at radius 2 is 1.89 bits per heavy atom. The Kier molecular flexibility index (Phi) is 4.00. The molecule has 0 atom stereocenters. The number of amides is 1. The molecule has 4 heteroatoms. The van der Waals surface area contributed by atoms with E-state index in [4.69, 9.17) is 0 Å². The number of carbonyl (C=O) groups excluding carboxylic acids is 1. The summed E-state index contributed by atoms with van der Waals surface area (Å²) in [6.07, 6.45) is 0. The second kappa shape index (κ2) is 5.53. The van der Waals surface area contributed by atoms with Crippen molar-refractivity contribution in [3.63, 3.8) is 0 Å². The van der Waals surface area contributed by atoms with Crippen molar-refractivity contribution in [2.24, 2.45) is 0 Å². The number of hydrogen-bond acceptors (Lipinski definition) is 1. The third kappa shape index (κ3) is 2.84. The number of aryl methyl sites for hydroxylation is 1. The molecule has 0 aliphatic carbocycles. The van der Waals surface area contributed by atoms with Crippen molar-refractivity contribution < 1.29 is 9.18 Å². The summed E-state index contributed by atoms with van der Waals surface area (Å²) in [7, 11) is 1.68. The third-order valence-corrected chi connectivity index (χ3v) is 3.63. The molecule has 0 radical (unpaired) electrons. The van der Waals surface area contributed by atoms with Crippen LogP contribution in [0.25, 0.3) is 0 Å². The van der Waals surface area contributed by atoms with E-state index in [1.165, 1.54) is 23.1 Å². The van der Waals surface area contributed by atoms with Gasteiger partial charge in [0.25, 0.3) is 5.91 Å². The number of carbonyl (C=O) groups is 1. The minimum absolute atomic E-state index is 0.249. The molecule has 19 heavy (non-hydrogen) atoms. The van der Waals surface area contributed by atoms with E-state index in [0.717, 1.165) is 11.3 Å². The summed E-state index contributed by atoms with van der Waals surface area (Å²) in [5.41, 5.74) is 2.11. The molecule has 0 spiro atoms. The Labute approximate surface area is 120 Å². The fraction of sp³-hybridized carbons (Fsp3) is 0.133. The predicted molar refractivity (Wildman–Crippen MR) is 78.0 cm³/mol. The lowest BCUT2D eigenvalue weighted by atomic mass is 10.1. The quantitative estimate of drug-likeness (QED) is 0.812. The van der Waals surface area contributed by atoms with Crippen LogP contribution in [0, 0.1) is 12.7 Å². The minimum Gasteiger partial charge on any atom is -0.311 e. The largest absolute Gasteiger partial charge is 0.311 e. The number of para-hydroxylation sites is 1. The Morgan fingerprint density at radius 3 is 2.58 bits per heavy atom. The lowest BCUT2D eigenvalue weighted by molar-refractivity contribution is 0.0991. The maximum absolute atomic E-state index is 13.3. The van der Waals surface area contributed by atoms with Crippen LogP contribution in [-0.4, -0.2) is 13.0 Å². The van der Waals surface area contributed by atoms with Gasteiger partial charge in [-0.25, -0.2) is 4.39 Å². The summed E-state index contributed by atoms with van der Waals surface area (Å²) in [5.74, 6) is -0.676. The van der Waals surface area contributed by atoms with Gasteiger partial charge in [0.1, 0.15) is 5.82 Å². The molecule has 0 aliphatic heterocycles. The predicted octanol–water partition coefficient (Wildman–Crippen LogP) is 4.17. The molecule has 0 bridgehead atoms. The molecule has 0 unspecified atom stereocenters. The molecule has 0 saturated heterocycles. The second-order valence-corrected chi connectivity index (χ2v) is 5.13. The standard InChI is InChI=1S/C15H13BrFNO/c1-10-5-3-4-6-14(10)18(2)15(19)12-9-11(17)7-8-13(12)16/h3-9H,1-2H3. The maximum Gasteiger partial charge on any atom is 0.259 e. The molecular formula is C15H13BrFNO. The van der Waals surface area contributed by atoms with Crippen molar-refractivity contribution in [3.05, 3.63) is 63.9 Å². The maximum atomic E-state index is 13.3. The van der Waals surface area contributed by atoms with Gasteiger partial charge in [0.15, 0.2) is 0 Å². The van der Waals surface area contributed by atoms with Gasteiger partial charge in [0.2, 0.25) is 0 Å². The lowest BCUT2D eigenvalue weighted by Gasteiger charge is -2.20. The van der Waals surface area contributed by atoms with Gasteiger partial charge in [-0.1, -0.05) is 18.2 Å². The molecule has 2 nitrogen and oxygen atoms in total. The third-order valence-electron chi connectivity index (χ3n) is 2.94. The zero-order valence-electron chi connectivity index (χ0n) is 10.7. The molecule has 2 aromatic carbocycles. The topological polar surface area (TPSA) is 20.3 Å². The van der Waals surface area contributed by atoms with Gasteiger partial charge in [-0.15, -0.1) is 0 Å².